The van der Waals surface area contributed by atoms with E-state index in [1.54, 1.807) is 13.8 Å². The van der Waals surface area contributed by atoms with E-state index >= 15 is 0 Å². The normalized spacial score (nSPS) is 11.4. The number of carboxylic acid groups (broad SMARTS) is 1. The molecule has 1 rings (SSSR count). The molecule has 0 bridgehead atoms. The van der Waals surface area contributed by atoms with Crippen molar-refractivity contribution in [3.63, 3.8) is 0 Å². The van der Waals surface area contributed by atoms with Gasteiger partial charge >= 0.3 is 5.97 Å². The van der Waals surface area contributed by atoms with Crippen LogP contribution in [0.3, 0.4) is 0 Å². The Labute approximate surface area is 106 Å². The lowest BCUT2D eigenvalue weighted by atomic mass is 10.1. The summed E-state index contributed by atoms with van der Waals surface area (Å²) in [5, 5.41) is 8.95. The summed E-state index contributed by atoms with van der Waals surface area (Å²) in [4.78, 5) is 11.0. The summed E-state index contributed by atoms with van der Waals surface area (Å²) in [7, 11) is -3.49. The highest BCUT2D eigenvalue weighted by Crippen LogP contribution is 2.17. The van der Waals surface area contributed by atoms with Gasteiger partial charge in [0.15, 0.2) is 9.84 Å². The summed E-state index contributed by atoms with van der Waals surface area (Å²) in [6.07, 6.45) is 0. The van der Waals surface area contributed by atoms with E-state index in [-0.39, 0.29) is 22.8 Å². The van der Waals surface area contributed by atoms with Crippen LogP contribution in [0.5, 0.6) is 0 Å². The van der Waals surface area contributed by atoms with Gasteiger partial charge in [0.2, 0.25) is 0 Å². The molecule has 0 aliphatic heterocycles. The second-order valence-electron chi connectivity index (χ2n) is 3.80. The number of benzene rings is 1. The highest BCUT2D eigenvalue weighted by atomic mass is 32.2. The summed E-state index contributed by atoms with van der Waals surface area (Å²) >= 11 is 0. The Morgan fingerprint density at radius 3 is 2.61 bits per heavy atom. The maximum absolute atomic E-state index is 11.9. The van der Waals surface area contributed by atoms with E-state index in [2.05, 4.69) is 0 Å². The van der Waals surface area contributed by atoms with Gasteiger partial charge in [0.25, 0.3) is 0 Å². The van der Waals surface area contributed by atoms with Crippen molar-refractivity contribution in [1.82, 2.24) is 0 Å². The van der Waals surface area contributed by atoms with Crippen LogP contribution >= 0.6 is 0 Å². The van der Waals surface area contributed by atoms with Crippen LogP contribution in [0.4, 0.5) is 0 Å². The largest absolute Gasteiger partial charge is 0.478 e. The van der Waals surface area contributed by atoms with E-state index in [0.717, 1.165) is 0 Å². The Morgan fingerprint density at radius 2 is 2.06 bits per heavy atom. The lowest BCUT2D eigenvalue weighted by molar-refractivity contribution is 0.0696. The van der Waals surface area contributed by atoms with Gasteiger partial charge in [-0.05, 0) is 31.5 Å². The molecule has 0 fully saturated rings. The predicted octanol–water partition coefficient (Wildman–Crippen LogP) is 1.50. The van der Waals surface area contributed by atoms with E-state index in [1.807, 2.05) is 0 Å². The molecule has 0 atom stereocenters. The SMILES string of the molecule is CCOCCS(=O)(=O)c1ccc(C)c(C(=O)O)c1. The van der Waals surface area contributed by atoms with E-state index in [4.69, 9.17) is 9.84 Å². The Morgan fingerprint density at radius 1 is 1.39 bits per heavy atom. The number of aromatic carboxylic acids is 1. The van der Waals surface area contributed by atoms with E-state index < -0.39 is 15.8 Å². The van der Waals surface area contributed by atoms with Gasteiger partial charge in [-0.3, -0.25) is 0 Å². The van der Waals surface area contributed by atoms with Crippen LogP contribution in [0.1, 0.15) is 22.8 Å². The standard InChI is InChI=1S/C12H16O5S/c1-3-17-6-7-18(15,16)10-5-4-9(2)11(8-10)12(13)14/h4-5,8H,3,6-7H2,1-2H3,(H,13,14). The van der Waals surface area contributed by atoms with Crippen molar-refractivity contribution in [3.05, 3.63) is 29.3 Å². The molecule has 18 heavy (non-hydrogen) atoms. The van der Waals surface area contributed by atoms with Gasteiger partial charge < -0.3 is 9.84 Å². The third-order valence-electron chi connectivity index (χ3n) is 2.50. The van der Waals surface area contributed by atoms with Gasteiger partial charge in [0.05, 0.1) is 22.8 Å². The highest BCUT2D eigenvalue weighted by Gasteiger charge is 2.17. The fourth-order valence-electron chi connectivity index (χ4n) is 1.46. The average molecular weight is 272 g/mol. The second kappa shape index (κ2) is 5.97. The quantitative estimate of drug-likeness (QED) is 0.794. The molecule has 0 amide bonds. The second-order valence-corrected chi connectivity index (χ2v) is 5.91. The number of carbonyl (C=O) groups is 1. The summed E-state index contributed by atoms with van der Waals surface area (Å²) in [5.74, 6) is -1.28. The maximum atomic E-state index is 11.9. The van der Waals surface area contributed by atoms with Gasteiger partial charge in [-0.1, -0.05) is 6.07 Å². The minimum absolute atomic E-state index is 0.00693. The highest BCUT2D eigenvalue weighted by molar-refractivity contribution is 7.91. The number of rotatable bonds is 6. The topological polar surface area (TPSA) is 80.7 Å². The van der Waals surface area contributed by atoms with Crippen LogP contribution in [0.25, 0.3) is 0 Å². The molecule has 0 aliphatic rings. The average Bonchev–Trinajstić information content (AvgIpc) is 2.29. The van der Waals surface area contributed by atoms with Gasteiger partial charge in [-0.2, -0.15) is 0 Å². The Kier molecular flexibility index (Phi) is 4.86. The van der Waals surface area contributed by atoms with E-state index in [9.17, 15) is 13.2 Å². The first-order chi connectivity index (χ1) is 8.38. The van der Waals surface area contributed by atoms with Crippen LogP contribution in [-0.4, -0.2) is 38.5 Å². The minimum Gasteiger partial charge on any atom is -0.478 e. The van der Waals surface area contributed by atoms with Crippen LogP contribution in [0.15, 0.2) is 23.1 Å². The number of hydrogen-bond acceptors (Lipinski definition) is 4. The molecule has 0 radical (unpaired) electrons. The molecule has 0 heterocycles. The predicted molar refractivity (Wildman–Crippen MR) is 66.7 cm³/mol. The third-order valence-corrected chi connectivity index (χ3v) is 4.18. The maximum Gasteiger partial charge on any atom is 0.335 e. The van der Waals surface area contributed by atoms with Gasteiger partial charge in [0, 0.05) is 6.61 Å². The Bertz CT molecular complexity index is 533. The van der Waals surface area contributed by atoms with E-state index in [1.165, 1.54) is 18.2 Å². The lowest BCUT2D eigenvalue weighted by Crippen LogP contribution is -2.13. The van der Waals surface area contributed by atoms with Crippen molar-refractivity contribution in [2.75, 3.05) is 19.0 Å². The molecule has 6 heteroatoms. The van der Waals surface area contributed by atoms with Crippen LogP contribution in [-0.2, 0) is 14.6 Å². The molecule has 1 aromatic carbocycles. The first kappa shape index (κ1) is 14.7. The minimum atomic E-state index is -3.49. The smallest absolute Gasteiger partial charge is 0.335 e. The summed E-state index contributed by atoms with van der Waals surface area (Å²) in [6, 6.07) is 4.11. The first-order valence-corrected chi connectivity index (χ1v) is 7.18. The molecule has 5 nitrogen and oxygen atoms in total. The zero-order valence-electron chi connectivity index (χ0n) is 10.3. The van der Waals surface area contributed by atoms with Crippen molar-refractivity contribution in [3.8, 4) is 0 Å². The molecular weight excluding hydrogens is 256 g/mol. The van der Waals surface area contributed by atoms with Crippen molar-refractivity contribution in [1.29, 1.82) is 0 Å². The summed E-state index contributed by atoms with van der Waals surface area (Å²) in [5.41, 5.74) is 0.541. The molecule has 0 unspecified atom stereocenters. The van der Waals surface area contributed by atoms with Gasteiger partial charge in [-0.15, -0.1) is 0 Å². The molecule has 1 aromatic rings. The van der Waals surface area contributed by atoms with Gasteiger partial charge in [-0.25, -0.2) is 13.2 Å². The number of carboxylic acids is 1. The summed E-state index contributed by atoms with van der Waals surface area (Å²) in [6.45, 7) is 3.96. The van der Waals surface area contributed by atoms with Crippen LogP contribution < -0.4 is 0 Å². The molecule has 0 saturated heterocycles. The lowest BCUT2D eigenvalue weighted by Gasteiger charge is -2.07. The van der Waals surface area contributed by atoms with Crippen LogP contribution in [0, 0.1) is 6.92 Å². The fourth-order valence-corrected chi connectivity index (χ4v) is 2.60. The van der Waals surface area contributed by atoms with Crippen LogP contribution in [0.2, 0.25) is 0 Å². The zero-order valence-corrected chi connectivity index (χ0v) is 11.2. The summed E-state index contributed by atoms with van der Waals surface area (Å²) < 4.78 is 28.8. The Balaban J connectivity index is 3.02. The molecule has 100 valence electrons. The van der Waals surface area contributed by atoms with Crippen molar-refractivity contribution in [2.24, 2.45) is 0 Å². The number of hydrogen-bond donors (Lipinski definition) is 1. The molecule has 0 aliphatic carbocycles. The third kappa shape index (κ3) is 3.54. The monoisotopic (exact) mass is 272 g/mol. The number of aryl methyl sites for hydroxylation is 1. The Hall–Kier alpha value is -1.40. The first-order valence-electron chi connectivity index (χ1n) is 5.53. The molecule has 0 aromatic heterocycles. The molecule has 1 N–H and O–H groups in total. The van der Waals surface area contributed by atoms with Gasteiger partial charge in [0.1, 0.15) is 0 Å². The molecule has 0 saturated carbocycles. The fraction of sp³-hybridized carbons (Fsp3) is 0.417. The number of sulfone groups is 1. The van der Waals surface area contributed by atoms with Crippen molar-refractivity contribution >= 4 is 15.8 Å². The number of ether oxygens (including phenoxy) is 1. The van der Waals surface area contributed by atoms with Crippen molar-refractivity contribution in [2.45, 2.75) is 18.7 Å². The van der Waals surface area contributed by atoms with E-state index in [0.29, 0.717) is 12.2 Å². The zero-order chi connectivity index (χ0) is 13.8. The molecule has 0 spiro atoms. The molecular formula is C12H16O5S. The van der Waals surface area contributed by atoms with Crippen molar-refractivity contribution < 1.29 is 23.1 Å².